The maximum Gasteiger partial charge on any atom is 0.313 e. The summed E-state index contributed by atoms with van der Waals surface area (Å²) in [6.07, 6.45) is 4.47. The highest BCUT2D eigenvalue weighted by Crippen LogP contribution is 2.36. The Kier molecular flexibility index (Phi) is 5.67. The van der Waals surface area contributed by atoms with Gasteiger partial charge in [0, 0.05) is 12.1 Å². The van der Waals surface area contributed by atoms with E-state index in [1.54, 1.807) is 0 Å². The number of hydrogen-bond donors (Lipinski definition) is 0. The number of benzene rings is 2. The van der Waals surface area contributed by atoms with Gasteiger partial charge in [-0.05, 0) is 62.9 Å². The first kappa shape index (κ1) is 19.0. The van der Waals surface area contributed by atoms with Gasteiger partial charge in [0.2, 0.25) is 0 Å². The first-order chi connectivity index (χ1) is 13.6. The van der Waals surface area contributed by atoms with Crippen molar-refractivity contribution in [3.8, 4) is 5.75 Å². The molecule has 28 heavy (non-hydrogen) atoms. The molecule has 0 spiro atoms. The first-order valence-corrected chi connectivity index (χ1v) is 10.3. The van der Waals surface area contributed by atoms with Crippen LogP contribution in [0.15, 0.2) is 54.6 Å². The quantitative estimate of drug-likeness (QED) is 0.691. The monoisotopic (exact) mass is 379 g/mol. The van der Waals surface area contributed by atoms with Crippen LogP contribution in [0.25, 0.3) is 0 Å². The predicted molar refractivity (Wildman–Crippen MR) is 109 cm³/mol. The third kappa shape index (κ3) is 4.22. The maximum atomic E-state index is 12.7. The number of esters is 1. The molecule has 1 unspecified atom stereocenters. The molecule has 0 aliphatic carbocycles. The summed E-state index contributed by atoms with van der Waals surface area (Å²) in [5, 5.41) is 0. The smallest absolute Gasteiger partial charge is 0.313 e. The van der Waals surface area contributed by atoms with Crippen molar-refractivity contribution >= 4 is 5.97 Å². The molecule has 2 heterocycles. The van der Waals surface area contributed by atoms with E-state index in [-0.39, 0.29) is 18.0 Å². The van der Waals surface area contributed by atoms with Crippen LogP contribution in [0.3, 0.4) is 0 Å². The molecular weight excluding hydrogens is 350 g/mol. The molecule has 0 saturated carbocycles. The molecule has 4 atom stereocenters. The molecule has 4 rings (SSSR count). The fourth-order valence-electron chi connectivity index (χ4n) is 4.45. The van der Waals surface area contributed by atoms with Crippen LogP contribution in [-0.4, -0.2) is 36.1 Å². The average Bonchev–Trinajstić information content (AvgIpc) is 2.93. The molecule has 0 radical (unpaired) electrons. The van der Waals surface area contributed by atoms with Gasteiger partial charge in [-0.2, -0.15) is 0 Å². The number of ether oxygens (including phenoxy) is 2. The molecule has 2 aliphatic rings. The van der Waals surface area contributed by atoms with Gasteiger partial charge in [0.25, 0.3) is 0 Å². The summed E-state index contributed by atoms with van der Waals surface area (Å²) in [7, 11) is 2.20. The lowest BCUT2D eigenvalue weighted by Crippen LogP contribution is -2.43. The molecule has 2 saturated heterocycles. The van der Waals surface area contributed by atoms with Gasteiger partial charge in [0.15, 0.2) is 0 Å². The van der Waals surface area contributed by atoms with Crippen molar-refractivity contribution in [1.29, 1.82) is 0 Å². The number of hydrogen-bond acceptors (Lipinski definition) is 4. The molecule has 2 aromatic carbocycles. The first-order valence-electron chi connectivity index (χ1n) is 10.3. The molecule has 0 amide bonds. The Morgan fingerprint density at radius 3 is 2.32 bits per heavy atom. The summed E-state index contributed by atoms with van der Waals surface area (Å²) in [6.45, 7) is 2.46. The molecule has 2 aliphatic heterocycles. The number of carbonyl (C=O) groups excluding carboxylic acids is 1. The Bertz CT molecular complexity index is 775. The number of piperidine rings is 1. The number of nitrogens with zero attached hydrogens (tertiary/aromatic N) is 1. The third-order valence-electron chi connectivity index (χ3n) is 6.32. The standard InChI is InChI=1S/C24H29NO3/c1-17(24(26)28-23-14-20-10-11-21(15-23)25(20)2)19-8-12-22(13-9-19)27-16-18-6-4-3-5-7-18/h3-9,12-13,17,20-21,23H,10-11,14-16H2,1-2H3/t17?,20-,21+,23+. The van der Waals surface area contributed by atoms with Crippen molar-refractivity contribution in [2.45, 2.75) is 63.3 Å². The van der Waals surface area contributed by atoms with E-state index in [1.165, 1.54) is 12.8 Å². The highest BCUT2D eigenvalue weighted by molar-refractivity contribution is 5.77. The number of carbonyl (C=O) groups is 1. The summed E-state index contributed by atoms with van der Waals surface area (Å²) < 4.78 is 11.7. The molecule has 148 valence electrons. The average molecular weight is 380 g/mol. The fourth-order valence-corrected chi connectivity index (χ4v) is 4.45. The van der Waals surface area contributed by atoms with E-state index in [1.807, 2.05) is 61.5 Å². The lowest BCUT2D eigenvalue weighted by atomic mass is 9.99. The topological polar surface area (TPSA) is 38.8 Å². The van der Waals surface area contributed by atoms with Gasteiger partial charge < -0.3 is 14.4 Å². The highest BCUT2D eigenvalue weighted by atomic mass is 16.5. The summed E-state index contributed by atoms with van der Waals surface area (Å²) in [5.41, 5.74) is 2.10. The minimum Gasteiger partial charge on any atom is -0.489 e. The second kappa shape index (κ2) is 8.36. The largest absolute Gasteiger partial charge is 0.489 e. The zero-order valence-corrected chi connectivity index (χ0v) is 16.7. The molecule has 2 bridgehead atoms. The minimum atomic E-state index is -0.263. The van der Waals surface area contributed by atoms with Gasteiger partial charge in [0.1, 0.15) is 18.5 Å². The van der Waals surface area contributed by atoms with Crippen LogP contribution < -0.4 is 4.74 Å². The van der Waals surface area contributed by atoms with Crippen molar-refractivity contribution in [1.82, 2.24) is 4.90 Å². The predicted octanol–water partition coefficient (Wildman–Crippen LogP) is 4.54. The van der Waals surface area contributed by atoms with E-state index in [4.69, 9.17) is 9.47 Å². The zero-order valence-electron chi connectivity index (χ0n) is 16.7. The number of fused-ring (bicyclic) bond motifs is 2. The third-order valence-corrected chi connectivity index (χ3v) is 6.32. The van der Waals surface area contributed by atoms with Gasteiger partial charge in [-0.25, -0.2) is 0 Å². The van der Waals surface area contributed by atoms with Gasteiger partial charge in [-0.3, -0.25) is 4.79 Å². The Morgan fingerprint density at radius 2 is 1.68 bits per heavy atom. The van der Waals surface area contributed by atoms with Crippen LogP contribution in [-0.2, 0) is 16.1 Å². The Hall–Kier alpha value is -2.33. The van der Waals surface area contributed by atoms with Crippen LogP contribution in [0.5, 0.6) is 5.75 Å². The van der Waals surface area contributed by atoms with Crippen molar-refractivity contribution in [3.63, 3.8) is 0 Å². The highest BCUT2D eigenvalue weighted by Gasteiger charge is 2.40. The van der Waals surface area contributed by atoms with Gasteiger partial charge in [0.05, 0.1) is 5.92 Å². The van der Waals surface area contributed by atoms with Crippen LogP contribution in [0.1, 0.15) is 49.7 Å². The summed E-state index contributed by atoms with van der Waals surface area (Å²) in [4.78, 5) is 15.1. The van der Waals surface area contributed by atoms with Crippen LogP contribution in [0, 0.1) is 0 Å². The van der Waals surface area contributed by atoms with E-state index < -0.39 is 0 Å². The van der Waals surface area contributed by atoms with E-state index in [9.17, 15) is 4.79 Å². The van der Waals surface area contributed by atoms with Gasteiger partial charge >= 0.3 is 5.97 Å². The van der Waals surface area contributed by atoms with E-state index in [2.05, 4.69) is 11.9 Å². The van der Waals surface area contributed by atoms with Gasteiger partial charge in [-0.1, -0.05) is 42.5 Å². The fraction of sp³-hybridized carbons (Fsp3) is 0.458. The molecule has 0 aromatic heterocycles. The van der Waals surface area contributed by atoms with E-state index in [0.717, 1.165) is 29.7 Å². The van der Waals surface area contributed by atoms with E-state index in [0.29, 0.717) is 18.7 Å². The second-order valence-corrected chi connectivity index (χ2v) is 8.15. The normalized spacial score (nSPS) is 25.3. The number of rotatable bonds is 6. The summed E-state index contributed by atoms with van der Waals surface area (Å²) in [6, 6.07) is 19.0. The molecular formula is C24H29NO3. The minimum absolute atomic E-state index is 0.0668. The molecule has 2 fully saturated rings. The van der Waals surface area contributed by atoms with Crippen molar-refractivity contribution in [3.05, 3.63) is 65.7 Å². The van der Waals surface area contributed by atoms with Crippen LogP contribution >= 0.6 is 0 Å². The van der Waals surface area contributed by atoms with Crippen molar-refractivity contribution in [2.75, 3.05) is 7.05 Å². The Balaban J connectivity index is 1.30. The molecule has 2 aromatic rings. The van der Waals surface area contributed by atoms with Gasteiger partial charge in [-0.15, -0.1) is 0 Å². The SMILES string of the molecule is CC(C(=O)O[C@H]1C[C@H]2CC[C@@H](C1)N2C)c1ccc(OCc2ccccc2)cc1. The van der Waals surface area contributed by atoms with Crippen LogP contribution in [0.4, 0.5) is 0 Å². The van der Waals surface area contributed by atoms with Crippen LogP contribution in [0.2, 0.25) is 0 Å². The second-order valence-electron chi connectivity index (χ2n) is 8.15. The Labute approximate surface area is 167 Å². The van der Waals surface area contributed by atoms with Crippen molar-refractivity contribution < 1.29 is 14.3 Å². The summed E-state index contributed by atoms with van der Waals surface area (Å²) in [5.74, 6) is 0.424. The zero-order chi connectivity index (χ0) is 19.5. The Morgan fingerprint density at radius 1 is 1.04 bits per heavy atom. The van der Waals surface area contributed by atoms with Crippen molar-refractivity contribution in [2.24, 2.45) is 0 Å². The molecule has 4 heteroatoms. The lowest BCUT2D eigenvalue weighted by molar-refractivity contribution is -0.153. The maximum absolute atomic E-state index is 12.7. The van der Waals surface area contributed by atoms with E-state index >= 15 is 0 Å². The molecule has 4 nitrogen and oxygen atoms in total. The lowest BCUT2D eigenvalue weighted by Gasteiger charge is -2.36. The summed E-state index contributed by atoms with van der Waals surface area (Å²) >= 11 is 0. The molecule has 0 N–H and O–H groups in total.